The van der Waals surface area contributed by atoms with Gasteiger partial charge in [0.2, 0.25) is 5.91 Å². The number of alkyl halides is 3. The monoisotopic (exact) mass is 386 g/mol. The third kappa shape index (κ3) is 5.77. The first-order valence-corrected chi connectivity index (χ1v) is 7.83. The lowest BCUT2D eigenvalue weighted by molar-refractivity contribution is -0.137. The highest BCUT2D eigenvalue weighted by Gasteiger charge is 2.30. The zero-order valence-corrected chi connectivity index (χ0v) is 13.9. The summed E-state index contributed by atoms with van der Waals surface area (Å²) in [6.07, 6.45) is -4.78. The molecule has 0 radical (unpaired) electrons. The average Bonchev–Trinajstić information content (AvgIpc) is 2.58. The van der Waals surface area contributed by atoms with Gasteiger partial charge >= 0.3 is 6.18 Å². The van der Waals surface area contributed by atoms with Crippen molar-refractivity contribution in [3.05, 3.63) is 70.8 Å². The molecule has 0 aromatic heterocycles. The second kappa shape index (κ2) is 8.61. The van der Waals surface area contributed by atoms with Gasteiger partial charge in [0.1, 0.15) is 17.2 Å². The average molecular weight is 386 g/mol. The van der Waals surface area contributed by atoms with Crippen LogP contribution < -0.4 is 10.6 Å². The molecule has 9 heteroatoms. The number of rotatable bonds is 6. The van der Waals surface area contributed by atoms with Crippen molar-refractivity contribution in [1.29, 1.82) is 0 Å². The van der Waals surface area contributed by atoms with E-state index in [-0.39, 0.29) is 25.1 Å². The van der Waals surface area contributed by atoms with Gasteiger partial charge in [-0.15, -0.1) is 0 Å². The Morgan fingerprint density at radius 1 is 0.889 bits per heavy atom. The zero-order valence-electron chi connectivity index (χ0n) is 13.9. The van der Waals surface area contributed by atoms with Crippen LogP contribution in [0.5, 0.6) is 0 Å². The molecule has 2 rings (SSSR count). The summed E-state index contributed by atoms with van der Waals surface area (Å²) in [5.74, 6) is -3.56. The van der Waals surface area contributed by atoms with Crippen LogP contribution in [0.2, 0.25) is 0 Å². The quantitative estimate of drug-likeness (QED) is 0.592. The lowest BCUT2D eigenvalue weighted by Crippen LogP contribution is -2.36. The van der Waals surface area contributed by atoms with Crippen molar-refractivity contribution in [3.8, 4) is 0 Å². The summed E-state index contributed by atoms with van der Waals surface area (Å²) in [7, 11) is 0. The predicted molar refractivity (Wildman–Crippen MR) is 86.8 cm³/mol. The first-order valence-electron chi connectivity index (χ1n) is 7.83. The zero-order chi connectivity index (χ0) is 20.0. The Hall–Kier alpha value is -2.97. The normalized spacial score (nSPS) is 11.1. The predicted octanol–water partition coefficient (Wildman–Crippen LogP) is 3.07. The van der Waals surface area contributed by atoms with Crippen LogP contribution >= 0.6 is 0 Å². The van der Waals surface area contributed by atoms with E-state index in [1.165, 1.54) is 12.1 Å². The fourth-order valence-electron chi connectivity index (χ4n) is 2.29. The van der Waals surface area contributed by atoms with Crippen molar-refractivity contribution in [2.45, 2.75) is 12.6 Å². The highest BCUT2D eigenvalue weighted by molar-refractivity contribution is 5.94. The highest BCUT2D eigenvalue weighted by Crippen LogP contribution is 2.29. The second-order valence-electron chi connectivity index (χ2n) is 5.58. The topological polar surface area (TPSA) is 58.2 Å². The summed E-state index contributed by atoms with van der Waals surface area (Å²) >= 11 is 0. The molecule has 2 N–H and O–H groups in total. The fourth-order valence-corrected chi connectivity index (χ4v) is 2.29. The Morgan fingerprint density at radius 2 is 1.48 bits per heavy atom. The van der Waals surface area contributed by atoms with Crippen LogP contribution in [0.25, 0.3) is 0 Å². The standard InChI is InChI=1S/C18H15F5N2O2/c19-13-5-2-6-14(20)16(13)17(27)25-8-7-24-15(26)10-11-3-1-4-12(9-11)18(21,22)23/h1-6,9H,7-8,10H2,(H,24,26)(H,25,27). The summed E-state index contributed by atoms with van der Waals surface area (Å²) < 4.78 is 64.8. The molecule has 2 aromatic rings. The van der Waals surface area contributed by atoms with Crippen LogP contribution in [0.15, 0.2) is 42.5 Å². The van der Waals surface area contributed by atoms with E-state index in [4.69, 9.17) is 0 Å². The van der Waals surface area contributed by atoms with Crippen LogP contribution in [-0.2, 0) is 17.4 Å². The molecule has 0 saturated carbocycles. The first-order chi connectivity index (χ1) is 12.7. The van der Waals surface area contributed by atoms with Gasteiger partial charge < -0.3 is 10.6 Å². The highest BCUT2D eigenvalue weighted by atomic mass is 19.4. The van der Waals surface area contributed by atoms with Crippen LogP contribution in [0.4, 0.5) is 22.0 Å². The first kappa shape index (κ1) is 20.3. The van der Waals surface area contributed by atoms with E-state index in [0.29, 0.717) is 0 Å². The van der Waals surface area contributed by atoms with Gasteiger partial charge in [-0.2, -0.15) is 13.2 Å². The number of carbonyl (C=O) groups excluding carboxylic acids is 2. The second-order valence-corrected chi connectivity index (χ2v) is 5.58. The van der Waals surface area contributed by atoms with Crippen molar-refractivity contribution < 1.29 is 31.5 Å². The van der Waals surface area contributed by atoms with Crippen molar-refractivity contribution in [2.75, 3.05) is 13.1 Å². The van der Waals surface area contributed by atoms with Crippen molar-refractivity contribution >= 4 is 11.8 Å². The van der Waals surface area contributed by atoms with E-state index in [1.807, 2.05) is 0 Å². The maximum atomic E-state index is 13.4. The van der Waals surface area contributed by atoms with E-state index in [9.17, 15) is 31.5 Å². The molecule has 27 heavy (non-hydrogen) atoms. The molecule has 0 spiro atoms. The Morgan fingerprint density at radius 3 is 2.11 bits per heavy atom. The van der Waals surface area contributed by atoms with Crippen LogP contribution in [0.1, 0.15) is 21.5 Å². The Balaban J connectivity index is 1.81. The van der Waals surface area contributed by atoms with Crippen molar-refractivity contribution in [2.24, 2.45) is 0 Å². The van der Waals surface area contributed by atoms with Gasteiger partial charge in [-0.05, 0) is 23.8 Å². The van der Waals surface area contributed by atoms with Gasteiger partial charge in [0, 0.05) is 13.1 Å². The number of hydrogen-bond acceptors (Lipinski definition) is 2. The van der Waals surface area contributed by atoms with E-state index < -0.39 is 40.8 Å². The molecule has 0 aliphatic rings. The number of carbonyl (C=O) groups is 2. The maximum Gasteiger partial charge on any atom is 0.416 e. The number of nitrogens with one attached hydrogen (secondary N) is 2. The molecule has 144 valence electrons. The molecule has 2 aromatic carbocycles. The van der Waals surface area contributed by atoms with Crippen molar-refractivity contribution in [1.82, 2.24) is 10.6 Å². The van der Waals surface area contributed by atoms with Gasteiger partial charge in [0.05, 0.1) is 12.0 Å². The maximum absolute atomic E-state index is 13.4. The number of hydrogen-bond donors (Lipinski definition) is 2. The lowest BCUT2D eigenvalue weighted by Gasteiger charge is -2.10. The van der Waals surface area contributed by atoms with Gasteiger partial charge in [0.15, 0.2) is 0 Å². The molecule has 0 unspecified atom stereocenters. The molecule has 0 bridgehead atoms. The van der Waals surface area contributed by atoms with E-state index in [0.717, 1.165) is 30.3 Å². The third-order valence-electron chi connectivity index (χ3n) is 3.54. The minimum atomic E-state index is -4.50. The lowest BCUT2D eigenvalue weighted by atomic mass is 10.1. The Labute approximate surface area is 151 Å². The third-order valence-corrected chi connectivity index (χ3v) is 3.54. The molecule has 4 nitrogen and oxygen atoms in total. The fraction of sp³-hybridized carbons (Fsp3) is 0.222. The summed E-state index contributed by atoms with van der Waals surface area (Å²) in [5, 5.41) is 4.65. The number of amides is 2. The molecule has 0 fully saturated rings. The minimum absolute atomic E-state index is 0.0559. The largest absolute Gasteiger partial charge is 0.416 e. The smallest absolute Gasteiger partial charge is 0.354 e. The summed E-state index contributed by atoms with van der Waals surface area (Å²) in [6.45, 7) is -0.166. The summed E-state index contributed by atoms with van der Waals surface area (Å²) in [5.41, 5.74) is -1.40. The van der Waals surface area contributed by atoms with E-state index >= 15 is 0 Å². The molecule has 0 aliphatic carbocycles. The van der Waals surface area contributed by atoms with Gasteiger partial charge in [-0.1, -0.05) is 24.3 Å². The molecular formula is C18H15F5N2O2. The summed E-state index contributed by atoms with van der Waals surface area (Å²) in [6, 6.07) is 7.37. The van der Waals surface area contributed by atoms with E-state index in [1.54, 1.807) is 0 Å². The van der Waals surface area contributed by atoms with Gasteiger partial charge in [-0.25, -0.2) is 8.78 Å². The molecule has 0 atom stereocenters. The number of halogens is 5. The molecule has 0 heterocycles. The Bertz CT molecular complexity index is 816. The SMILES string of the molecule is O=C(Cc1cccc(C(F)(F)F)c1)NCCNC(=O)c1c(F)cccc1F. The van der Waals surface area contributed by atoms with Crippen molar-refractivity contribution in [3.63, 3.8) is 0 Å². The molecule has 0 aliphatic heterocycles. The summed E-state index contributed by atoms with van der Waals surface area (Å²) in [4.78, 5) is 23.5. The van der Waals surface area contributed by atoms with Crippen LogP contribution in [0, 0.1) is 11.6 Å². The van der Waals surface area contributed by atoms with E-state index in [2.05, 4.69) is 10.6 Å². The molecular weight excluding hydrogens is 371 g/mol. The van der Waals surface area contributed by atoms with Crippen LogP contribution in [0.3, 0.4) is 0 Å². The van der Waals surface area contributed by atoms with Gasteiger partial charge in [0.25, 0.3) is 5.91 Å². The molecule has 0 saturated heterocycles. The van der Waals surface area contributed by atoms with Crippen LogP contribution in [-0.4, -0.2) is 24.9 Å². The number of benzene rings is 2. The van der Waals surface area contributed by atoms with Gasteiger partial charge in [-0.3, -0.25) is 9.59 Å². The minimum Gasteiger partial charge on any atom is -0.354 e. The molecule has 2 amide bonds. The Kier molecular flexibility index (Phi) is 6.49.